The molecule has 0 radical (unpaired) electrons. The van der Waals surface area contributed by atoms with Gasteiger partial charge in [0.2, 0.25) is 15.0 Å². The molecule has 5 rings (SSSR count). The van der Waals surface area contributed by atoms with Crippen molar-refractivity contribution in [1.82, 2.24) is 24.5 Å². The lowest BCUT2D eigenvalue weighted by atomic mass is 9.94. The third kappa shape index (κ3) is 5.17. The van der Waals surface area contributed by atoms with Gasteiger partial charge in [0.15, 0.2) is 18.2 Å². The highest BCUT2D eigenvalue weighted by atomic mass is 32.2. The van der Waals surface area contributed by atoms with E-state index in [0.29, 0.717) is 40.6 Å². The Labute approximate surface area is 227 Å². The van der Waals surface area contributed by atoms with Crippen molar-refractivity contribution in [1.29, 1.82) is 0 Å². The zero-order chi connectivity index (χ0) is 28.1. The quantitative estimate of drug-likeness (QED) is 0.357. The molecule has 4 aromatic rings. The van der Waals surface area contributed by atoms with Crippen LogP contribution in [0.25, 0.3) is 4.96 Å². The molecule has 1 unspecified atom stereocenters. The van der Waals surface area contributed by atoms with E-state index in [-0.39, 0.29) is 23.5 Å². The number of fused-ring (bicyclic) bond motifs is 3. The van der Waals surface area contributed by atoms with Crippen LogP contribution in [-0.2, 0) is 27.7 Å². The van der Waals surface area contributed by atoms with Gasteiger partial charge in [0.1, 0.15) is 22.6 Å². The Balaban J connectivity index is 1.48. The zero-order valence-corrected chi connectivity index (χ0v) is 23.3. The van der Waals surface area contributed by atoms with E-state index in [0.717, 1.165) is 11.3 Å². The van der Waals surface area contributed by atoms with Crippen LogP contribution < -0.4 is 9.46 Å². The minimum absolute atomic E-state index is 0.00645. The fraction of sp³-hybridized carbons (Fsp3) is 0.360. The summed E-state index contributed by atoms with van der Waals surface area (Å²) in [7, 11) is -3.51. The Morgan fingerprint density at radius 1 is 1.18 bits per heavy atom. The smallest absolute Gasteiger partial charge is 0.261 e. The number of aryl methyl sites for hydroxylation is 3. The van der Waals surface area contributed by atoms with Crippen molar-refractivity contribution in [3.8, 4) is 5.75 Å². The van der Waals surface area contributed by atoms with E-state index < -0.39 is 40.2 Å². The molecule has 206 valence electrons. The lowest BCUT2D eigenvalue weighted by Gasteiger charge is -2.35. The predicted octanol–water partition coefficient (Wildman–Crippen LogP) is 3.57. The number of hydrogen-bond donors (Lipinski definition) is 1. The summed E-state index contributed by atoms with van der Waals surface area (Å²) in [4.78, 5) is 24.5. The number of amides is 1. The van der Waals surface area contributed by atoms with Crippen LogP contribution >= 0.6 is 11.3 Å². The number of benzene rings is 1. The maximum atomic E-state index is 15.3. The summed E-state index contributed by atoms with van der Waals surface area (Å²) in [5.74, 6) is -2.00. The molecule has 0 fully saturated rings. The van der Waals surface area contributed by atoms with E-state index >= 15 is 4.39 Å². The molecule has 0 saturated heterocycles. The Morgan fingerprint density at radius 2 is 1.95 bits per heavy atom. The summed E-state index contributed by atoms with van der Waals surface area (Å²) in [6.45, 7) is 4.94. The minimum Gasteiger partial charge on any atom is -0.482 e. The van der Waals surface area contributed by atoms with Gasteiger partial charge in [0.25, 0.3) is 5.91 Å². The SMILES string of the molecule is CCc1nc(NS(C)(=O)=O)ccc1OCC(=O)N1CCc2nc3sc(C)nn3c2C1c1ccc(C)c(F)c1F. The first-order chi connectivity index (χ1) is 18.5. The van der Waals surface area contributed by atoms with Crippen LogP contribution in [0.1, 0.15) is 46.2 Å². The van der Waals surface area contributed by atoms with Crippen molar-refractivity contribution in [2.24, 2.45) is 0 Å². The highest BCUT2D eigenvalue weighted by Crippen LogP contribution is 2.38. The Bertz CT molecular complexity index is 1700. The molecule has 0 saturated carbocycles. The minimum atomic E-state index is -3.51. The summed E-state index contributed by atoms with van der Waals surface area (Å²) in [5, 5.41) is 5.25. The average Bonchev–Trinajstić information content (AvgIpc) is 3.40. The number of rotatable bonds is 7. The molecule has 0 spiro atoms. The van der Waals surface area contributed by atoms with Crippen molar-refractivity contribution >= 4 is 38.0 Å². The van der Waals surface area contributed by atoms with Gasteiger partial charge in [-0.1, -0.05) is 30.4 Å². The third-order valence-electron chi connectivity index (χ3n) is 6.40. The van der Waals surface area contributed by atoms with Crippen molar-refractivity contribution in [3.63, 3.8) is 0 Å². The molecule has 1 amide bonds. The van der Waals surface area contributed by atoms with Crippen molar-refractivity contribution < 1.29 is 26.7 Å². The van der Waals surface area contributed by atoms with Crippen LogP contribution in [0.5, 0.6) is 5.75 Å². The van der Waals surface area contributed by atoms with Crippen molar-refractivity contribution in [3.05, 3.63) is 69.1 Å². The normalized spacial score (nSPS) is 15.4. The molecule has 1 N–H and O–H groups in total. The first kappa shape index (κ1) is 26.9. The molecule has 0 bridgehead atoms. The second-order valence-corrected chi connectivity index (χ2v) is 12.2. The molecule has 4 heterocycles. The molecule has 1 aliphatic heterocycles. The molecule has 1 aromatic carbocycles. The highest BCUT2D eigenvalue weighted by Gasteiger charge is 2.39. The molecule has 14 heteroatoms. The van der Waals surface area contributed by atoms with E-state index in [1.54, 1.807) is 4.52 Å². The number of nitrogens with zero attached hydrogens (tertiary/aromatic N) is 5. The molecule has 0 aliphatic carbocycles. The van der Waals surface area contributed by atoms with E-state index in [2.05, 4.69) is 19.8 Å². The number of anilines is 1. The summed E-state index contributed by atoms with van der Waals surface area (Å²) >= 11 is 1.37. The van der Waals surface area contributed by atoms with Crippen LogP contribution in [0.2, 0.25) is 0 Å². The van der Waals surface area contributed by atoms with E-state index in [9.17, 15) is 17.6 Å². The molecule has 10 nitrogen and oxygen atoms in total. The van der Waals surface area contributed by atoms with Crippen LogP contribution in [-0.4, -0.2) is 58.2 Å². The van der Waals surface area contributed by atoms with Gasteiger partial charge in [-0.25, -0.2) is 31.7 Å². The summed E-state index contributed by atoms with van der Waals surface area (Å²) in [6.07, 6.45) is 1.85. The maximum Gasteiger partial charge on any atom is 0.261 e. The van der Waals surface area contributed by atoms with Gasteiger partial charge in [-0.2, -0.15) is 5.10 Å². The lowest BCUT2D eigenvalue weighted by molar-refractivity contribution is -0.135. The lowest BCUT2D eigenvalue weighted by Crippen LogP contribution is -2.43. The standard InChI is InChI=1S/C25H26F2N6O4S2/c1-5-16-18(8-9-19(28-16)31-39(4,35)36)37-12-20(34)32-11-10-17-24(33-25(29-17)38-14(3)30-33)23(32)15-7-6-13(2)21(26)22(15)27/h6-9,23H,5,10-12H2,1-4H3,(H,28,31). The van der Waals surface area contributed by atoms with Gasteiger partial charge in [-0.05, 0) is 38.0 Å². The fourth-order valence-corrected chi connectivity index (χ4v) is 5.92. The van der Waals surface area contributed by atoms with E-state index in [1.165, 1.54) is 47.4 Å². The van der Waals surface area contributed by atoms with Gasteiger partial charge in [0, 0.05) is 18.5 Å². The van der Waals surface area contributed by atoms with Crippen LogP contribution in [0.3, 0.4) is 0 Å². The first-order valence-electron chi connectivity index (χ1n) is 12.2. The van der Waals surface area contributed by atoms with Crippen LogP contribution in [0.15, 0.2) is 24.3 Å². The molecular weight excluding hydrogens is 550 g/mol. The van der Waals surface area contributed by atoms with Gasteiger partial charge < -0.3 is 9.64 Å². The number of aromatic nitrogens is 4. The topological polar surface area (TPSA) is 119 Å². The van der Waals surface area contributed by atoms with Gasteiger partial charge in [-0.15, -0.1) is 0 Å². The van der Waals surface area contributed by atoms with Crippen LogP contribution in [0.4, 0.5) is 14.6 Å². The molecule has 1 aliphatic rings. The van der Waals surface area contributed by atoms with Crippen LogP contribution in [0, 0.1) is 25.5 Å². The predicted molar refractivity (Wildman–Crippen MR) is 142 cm³/mol. The van der Waals surface area contributed by atoms with E-state index in [4.69, 9.17) is 4.74 Å². The molecule has 39 heavy (non-hydrogen) atoms. The number of pyridine rings is 1. The summed E-state index contributed by atoms with van der Waals surface area (Å²) in [6, 6.07) is 4.97. The monoisotopic (exact) mass is 576 g/mol. The molecule has 3 aromatic heterocycles. The number of sulfonamides is 1. The number of nitrogens with one attached hydrogen (secondary N) is 1. The van der Waals surface area contributed by atoms with Gasteiger partial charge in [0.05, 0.1) is 23.3 Å². The Morgan fingerprint density at radius 3 is 2.67 bits per heavy atom. The molecular formula is C25H26F2N6O4S2. The third-order valence-corrected chi connectivity index (χ3v) is 7.81. The Hall–Kier alpha value is -3.65. The molecule has 1 atom stereocenters. The Kier molecular flexibility index (Phi) is 7.01. The average molecular weight is 577 g/mol. The zero-order valence-electron chi connectivity index (χ0n) is 21.7. The number of imidazole rings is 1. The van der Waals surface area contributed by atoms with Crippen molar-refractivity contribution in [2.45, 2.75) is 39.7 Å². The number of hydrogen-bond acceptors (Lipinski definition) is 8. The second kappa shape index (κ2) is 10.2. The summed E-state index contributed by atoms with van der Waals surface area (Å²) in [5.41, 5.74) is 1.81. The van der Waals surface area contributed by atoms with Gasteiger partial charge in [-0.3, -0.25) is 9.52 Å². The van der Waals surface area contributed by atoms with Gasteiger partial charge >= 0.3 is 0 Å². The highest BCUT2D eigenvalue weighted by molar-refractivity contribution is 7.92. The fourth-order valence-electron chi connectivity index (χ4n) is 4.66. The number of carbonyl (C=O) groups excluding carboxylic acids is 1. The largest absolute Gasteiger partial charge is 0.482 e. The first-order valence-corrected chi connectivity index (χ1v) is 14.9. The number of halogens is 2. The second-order valence-electron chi connectivity index (χ2n) is 9.26. The summed E-state index contributed by atoms with van der Waals surface area (Å²) < 4.78 is 62.9. The number of carbonyl (C=O) groups is 1. The number of ether oxygens (including phenoxy) is 1. The maximum absolute atomic E-state index is 15.3. The van der Waals surface area contributed by atoms with E-state index in [1.807, 2.05) is 13.8 Å². The van der Waals surface area contributed by atoms with Crippen molar-refractivity contribution in [2.75, 3.05) is 24.1 Å².